The fraction of sp³-hybridized carbons (Fsp3) is 0.750. The van der Waals surface area contributed by atoms with E-state index in [0.29, 0.717) is 12.5 Å². The van der Waals surface area contributed by atoms with Crippen molar-refractivity contribution in [1.82, 2.24) is 24.5 Å². The molecule has 32 heavy (non-hydrogen) atoms. The molecular formula is C24H33N7O. The summed E-state index contributed by atoms with van der Waals surface area (Å²) in [5, 5.41) is 14.1. The number of hydrogen-bond acceptors (Lipinski definition) is 6. The summed E-state index contributed by atoms with van der Waals surface area (Å²) >= 11 is 0. The largest absolute Gasteiger partial charge is 0.339 e. The second-order valence-electron chi connectivity index (χ2n) is 10.8. The Balaban J connectivity index is 0.960. The predicted octanol–water partition coefficient (Wildman–Crippen LogP) is 2.37. The van der Waals surface area contributed by atoms with Gasteiger partial charge in [-0.2, -0.15) is 10.2 Å². The Morgan fingerprint density at radius 1 is 1.09 bits per heavy atom. The molecule has 6 aliphatic rings. The summed E-state index contributed by atoms with van der Waals surface area (Å²) in [6, 6.07) is 0.785. The molecule has 4 heterocycles. The molecule has 0 bridgehead atoms. The molecule has 0 radical (unpaired) electrons. The molecular weight excluding hydrogens is 402 g/mol. The van der Waals surface area contributed by atoms with Crippen molar-refractivity contribution in [2.45, 2.75) is 63.1 Å². The molecule has 4 fully saturated rings. The molecule has 1 amide bonds. The fourth-order valence-corrected chi connectivity index (χ4v) is 6.23. The fourth-order valence-electron chi connectivity index (χ4n) is 6.23. The minimum absolute atomic E-state index is 0.150. The first-order valence-electron chi connectivity index (χ1n) is 12.6. The van der Waals surface area contributed by atoms with Crippen molar-refractivity contribution in [2.24, 2.45) is 22.1 Å². The Labute approximate surface area is 189 Å². The molecule has 8 heteroatoms. The molecule has 8 nitrogen and oxygen atoms in total. The second-order valence-corrected chi connectivity index (χ2v) is 10.8. The molecule has 1 aromatic rings. The van der Waals surface area contributed by atoms with Gasteiger partial charge in [0, 0.05) is 69.4 Å². The maximum Gasteiger partial charge on any atom is 0.236 e. The average Bonchev–Trinajstić information content (AvgIpc) is 3.68. The maximum absolute atomic E-state index is 12.9. The number of azo groups is 1. The first-order chi connectivity index (χ1) is 15.7. The zero-order valence-corrected chi connectivity index (χ0v) is 18.8. The number of fused-ring (bicyclic) bond motifs is 2. The predicted molar refractivity (Wildman–Crippen MR) is 120 cm³/mol. The lowest BCUT2D eigenvalue weighted by Crippen LogP contribution is -2.55. The van der Waals surface area contributed by atoms with E-state index in [1.807, 2.05) is 4.68 Å². The highest BCUT2D eigenvalue weighted by atomic mass is 16.2. The van der Waals surface area contributed by atoms with Crippen molar-refractivity contribution < 1.29 is 4.79 Å². The van der Waals surface area contributed by atoms with Crippen LogP contribution in [0.25, 0.3) is 5.82 Å². The minimum Gasteiger partial charge on any atom is -0.339 e. The number of piperazine rings is 1. The van der Waals surface area contributed by atoms with E-state index < -0.39 is 0 Å². The van der Waals surface area contributed by atoms with Crippen LogP contribution in [0.15, 0.2) is 22.5 Å². The Bertz CT molecular complexity index is 982. The van der Waals surface area contributed by atoms with Crippen LogP contribution in [-0.2, 0) is 17.8 Å². The van der Waals surface area contributed by atoms with Gasteiger partial charge in [0.1, 0.15) is 0 Å². The van der Waals surface area contributed by atoms with Gasteiger partial charge in [-0.05, 0) is 44.1 Å². The van der Waals surface area contributed by atoms with E-state index in [2.05, 4.69) is 32.1 Å². The smallest absolute Gasteiger partial charge is 0.236 e. The normalized spacial score (nSPS) is 32.8. The maximum atomic E-state index is 12.9. The number of aromatic nitrogens is 2. The summed E-state index contributed by atoms with van der Waals surface area (Å²) in [6.45, 7) is 6.06. The van der Waals surface area contributed by atoms with E-state index in [0.717, 1.165) is 75.6 Å². The van der Waals surface area contributed by atoms with Crippen LogP contribution in [0.1, 0.15) is 49.8 Å². The summed E-state index contributed by atoms with van der Waals surface area (Å²) < 4.78 is 1.92. The van der Waals surface area contributed by atoms with Crippen molar-refractivity contribution in [3.8, 4) is 0 Å². The molecule has 0 spiro atoms. The van der Waals surface area contributed by atoms with Gasteiger partial charge in [-0.25, -0.2) is 4.68 Å². The topological polar surface area (TPSA) is 69.3 Å². The number of nitrogens with zero attached hydrogens (tertiary/aromatic N) is 7. The summed E-state index contributed by atoms with van der Waals surface area (Å²) in [5.41, 5.74) is 2.52. The van der Waals surface area contributed by atoms with E-state index in [9.17, 15) is 4.79 Å². The molecule has 1 saturated heterocycles. The van der Waals surface area contributed by atoms with E-state index in [1.54, 1.807) is 0 Å². The van der Waals surface area contributed by atoms with Crippen LogP contribution in [0.4, 0.5) is 0 Å². The highest BCUT2D eigenvalue weighted by Gasteiger charge is 2.63. The van der Waals surface area contributed by atoms with Crippen LogP contribution in [0.3, 0.4) is 0 Å². The molecule has 7 rings (SSSR count). The van der Waals surface area contributed by atoms with Gasteiger partial charge in [-0.15, -0.1) is 5.11 Å². The monoisotopic (exact) mass is 435 g/mol. The highest BCUT2D eigenvalue weighted by Crippen LogP contribution is 2.63. The van der Waals surface area contributed by atoms with Gasteiger partial charge in [0.05, 0.1) is 17.8 Å². The van der Waals surface area contributed by atoms with E-state index in [4.69, 9.17) is 10.2 Å². The molecule has 0 aromatic carbocycles. The van der Waals surface area contributed by atoms with E-state index in [1.165, 1.54) is 37.7 Å². The Hall–Kier alpha value is -2.06. The van der Waals surface area contributed by atoms with Gasteiger partial charge in [0.25, 0.3) is 0 Å². The average molecular weight is 436 g/mol. The Kier molecular flexibility index (Phi) is 4.38. The number of carbonyl (C=O) groups is 1. The standard InChI is InChI=1S/C24H33N7O/c32-23(30-10-8-29(9-11-30)20-2-1-3-20)16-28-7-6-21-17(14-28)15-31(26-21)22-12-19-13-24(19,27-25-22)18-4-5-18/h12,15,18-20H,1-11,13-14,16H2. The zero-order chi connectivity index (χ0) is 21.3. The third-order valence-corrected chi connectivity index (χ3v) is 8.79. The number of rotatable bonds is 5. The summed E-state index contributed by atoms with van der Waals surface area (Å²) in [4.78, 5) is 19.9. The Morgan fingerprint density at radius 3 is 2.66 bits per heavy atom. The molecule has 170 valence electrons. The van der Waals surface area contributed by atoms with Crippen LogP contribution in [0, 0.1) is 11.8 Å². The third kappa shape index (κ3) is 3.25. The highest BCUT2D eigenvalue weighted by molar-refractivity contribution is 5.78. The van der Waals surface area contributed by atoms with Crippen molar-refractivity contribution in [3.05, 3.63) is 23.5 Å². The molecule has 3 aliphatic carbocycles. The van der Waals surface area contributed by atoms with Crippen molar-refractivity contribution in [2.75, 3.05) is 39.3 Å². The van der Waals surface area contributed by atoms with Crippen molar-refractivity contribution >= 4 is 11.7 Å². The number of amides is 1. The molecule has 0 N–H and O–H groups in total. The SMILES string of the molecule is O=C(CN1CCc2nn(C3=CC4CC4(C4CC4)N=N3)cc2C1)N1CCN(C2CCC2)CC1. The van der Waals surface area contributed by atoms with Crippen LogP contribution in [-0.4, -0.2) is 81.2 Å². The van der Waals surface area contributed by atoms with Gasteiger partial charge >= 0.3 is 0 Å². The van der Waals surface area contributed by atoms with E-state index in [-0.39, 0.29) is 11.4 Å². The van der Waals surface area contributed by atoms with Gasteiger partial charge in [-0.3, -0.25) is 14.6 Å². The summed E-state index contributed by atoms with van der Waals surface area (Å²) in [5.74, 6) is 2.49. The Morgan fingerprint density at radius 2 is 1.94 bits per heavy atom. The molecule has 2 unspecified atom stereocenters. The lowest BCUT2D eigenvalue weighted by molar-refractivity contribution is -0.135. The molecule has 3 aliphatic heterocycles. The summed E-state index contributed by atoms with van der Waals surface area (Å²) in [6.07, 6.45) is 13.2. The molecule has 1 aromatic heterocycles. The van der Waals surface area contributed by atoms with Crippen LogP contribution in [0.5, 0.6) is 0 Å². The lowest BCUT2D eigenvalue weighted by atomic mass is 9.91. The van der Waals surface area contributed by atoms with Crippen LogP contribution < -0.4 is 0 Å². The first kappa shape index (κ1) is 19.4. The zero-order valence-electron chi connectivity index (χ0n) is 18.8. The van der Waals surface area contributed by atoms with Gasteiger partial charge < -0.3 is 4.90 Å². The number of carbonyl (C=O) groups excluding carboxylic acids is 1. The molecule has 2 atom stereocenters. The third-order valence-electron chi connectivity index (χ3n) is 8.79. The lowest BCUT2D eigenvalue weighted by Gasteiger charge is -2.43. The number of hydrogen-bond donors (Lipinski definition) is 0. The van der Waals surface area contributed by atoms with Gasteiger partial charge in [0.15, 0.2) is 5.82 Å². The quantitative estimate of drug-likeness (QED) is 0.712. The van der Waals surface area contributed by atoms with E-state index >= 15 is 0 Å². The van der Waals surface area contributed by atoms with Gasteiger partial charge in [-0.1, -0.05) is 6.42 Å². The van der Waals surface area contributed by atoms with Crippen LogP contribution >= 0.6 is 0 Å². The minimum atomic E-state index is 0.150. The van der Waals surface area contributed by atoms with Crippen molar-refractivity contribution in [3.63, 3.8) is 0 Å². The second kappa shape index (κ2) is 7.22. The first-order valence-corrected chi connectivity index (χ1v) is 12.6. The summed E-state index contributed by atoms with van der Waals surface area (Å²) in [7, 11) is 0. The van der Waals surface area contributed by atoms with Gasteiger partial charge in [0.2, 0.25) is 5.91 Å². The van der Waals surface area contributed by atoms with Crippen molar-refractivity contribution in [1.29, 1.82) is 0 Å². The van der Waals surface area contributed by atoms with Crippen LogP contribution in [0.2, 0.25) is 0 Å². The molecule has 3 saturated carbocycles.